The fraction of sp³-hybridized carbons (Fsp3) is 0.571. The predicted octanol–water partition coefficient (Wildman–Crippen LogP) is 2.10. The van der Waals surface area contributed by atoms with E-state index in [1.807, 2.05) is 0 Å². The van der Waals surface area contributed by atoms with Gasteiger partial charge in [-0.15, -0.1) is 5.10 Å². The molecule has 2 aromatic rings. The van der Waals surface area contributed by atoms with E-state index in [9.17, 15) is 22.7 Å². The number of fused-ring (bicyclic) bond motifs is 1. The molecule has 2 aromatic heterocycles. The fourth-order valence-corrected chi connectivity index (χ4v) is 2.58. The zero-order valence-electron chi connectivity index (χ0n) is 12.7. The van der Waals surface area contributed by atoms with E-state index in [1.165, 1.54) is 0 Å². The molecule has 0 spiro atoms. The summed E-state index contributed by atoms with van der Waals surface area (Å²) < 4.78 is 58.7. The lowest BCUT2D eigenvalue weighted by molar-refractivity contribution is -0.147. The van der Waals surface area contributed by atoms with E-state index in [-0.39, 0.29) is 29.8 Å². The summed E-state index contributed by atoms with van der Waals surface area (Å²) in [7, 11) is 0. The molecule has 6 nitrogen and oxygen atoms in total. The maximum absolute atomic E-state index is 13.9. The second-order valence-corrected chi connectivity index (χ2v) is 5.74. The third kappa shape index (κ3) is 3.16. The summed E-state index contributed by atoms with van der Waals surface area (Å²) in [6.45, 7) is 1.53. The molecule has 3 atom stereocenters. The Hall–Kier alpha value is -1.94. The molecule has 0 aliphatic carbocycles. The molecular formula is C14H16F4N4O2. The topological polar surface area (TPSA) is 71.7 Å². The summed E-state index contributed by atoms with van der Waals surface area (Å²) in [6, 6.07) is 0.426. The maximum atomic E-state index is 13.9. The molecule has 132 valence electrons. The molecule has 3 rings (SSSR count). The molecule has 1 aliphatic rings. The normalized spacial score (nSPS) is 23.4. The Labute approximate surface area is 134 Å². The molecular weight excluding hydrogens is 332 g/mol. The van der Waals surface area contributed by atoms with Crippen molar-refractivity contribution < 1.29 is 27.4 Å². The van der Waals surface area contributed by atoms with Crippen molar-refractivity contribution >= 4 is 11.5 Å². The molecule has 0 radical (unpaired) electrons. The van der Waals surface area contributed by atoms with Crippen LogP contribution in [0.5, 0.6) is 0 Å². The minimum atomic E-state index is -4.52. The number of hydrogen-bond acceptors (Lipinski definition) is 5. The Balaban J connectivity index is 1.94. The molecule has 24 heavy (non-hydrogen) atoms. The number of aliphatic hydroxyl groups is 1. The number of nitrogens with one attached hydrogen (secondary N) is 1. The Kier molecular flexibility index (Phi) is 4.35. The van der Waals surface area contributed by atoms with Crippen molar-refractivity contribution in [1.82, 2.24) is 14.6 Å². The molecule has 1 fully saturated rings. The fourth-order valence-electron chi connectivity index (χ4n) is 2.58. The van der Waals surface area contributed by atoms with Crippen LogP contribution in [0.15, 0.2) is 12.3 Å². The van der Waals surface area contributed by atoms with Gasteiger partial charge in [-0.05, 0) is 19.4 Å². The average Bonchev–Trinajstić information content (AvgIpc) is 2.84. The van der Waals surface area contributed by atoms with Gasteiger partial charge in [0.1, 0.15) is 5.52 Å². The van der Waals surface area contributed by atoms with Gasteiger partial charge in [0.05, 0.1) is 36.6 Å². The average molecular weight is 348 g/mol. The summed E-state index contributed by atoms with van der Waals surface area (Å²) in [4.78, 5) is 3.91. The molecule has 0 amide bonds. The van der Waals surface area contributed by atoms with Crippen LogP contribution in [0, 0.1) is 5.82 Å². The lowest BCUT2D eigenvalue weighted by atomic mass is 10.1. The van der Waals surface area contributed by atoms with Crippen LogP contribution in [0.25, 0.3) is 5.52 Å². The molecule has 2 N–H and O–H groups in total. The van der Waals surface area contributed by atoms with Crippen molar-refractivity contribution in [3.63, 3.8) is 0 Å². The van der Waals surface area contributed by atoms with Crippen LogP contribution in [0.2, 0.25) is 0 Å². The Morgan fingerprint density at radius 1 is 1.46 bits per heavy atom. The van der Waals surface area contributed by atoms with Crippen molar-refractivity contribution in [2.24, 2.45) is 0 Å². The van der Waals surface area contributed by atoms with Gasteiger partial charge in [-0.3, -0.25) is 0 Å². The van der Waals surface area contributed by atoms with Gasteiger partial charge in [-0.1, -0.05) is 0 Å². The first-order chi connectivity index (χ1) is 11.3. The van der Waals surface area contributed by atoms with E-state index in [1.54, 1.807) is 0 Å². The number of anilines is 1. The number of ether oxygens (including phenoxy) is 1. The summed E-state index contributed by atoms with van der Waals surface area (Å²) in [6.07, 6.45) is -3.69. The Morgan fingerprint density at radius 3 is 2.88 bits per heavy atom. The third-order valence-electron chi connectivity index (χ3n) is 4.07. The van der Waals surface area contributed by atoms with Crippen LogP contribution in [0.1, 0.15) is 25.0 Å². The molecule has 10 heteroatoms. The first-order valence-corrected chi connectivity index (χ1v) is 7.40. The van der Waals surface area contributed by atoms with E-state index in [0.29, 0.717) is 13.0 Å². The van der Waals surface area contributed by atoms with Gasteiger partial charge in [0.25, 0.3) is 0 Å². The predicted molar refractivity (Wildman–Crippen MR) is 76.3 cm³/mol. The van der Waals surface area contributed by atoms with Crippen molar-refractivity contribution in [3.05, 3.63) is 23.8 Å². The summed E-state index contributed by atoms with van der Waals surface area (Å²) >= 11 is 0. The number of rotatable bonds is 3. The second kappa shape index (κ2) is 6.17. The third-order valence-corrected chi connectivity index (χ3v) is 4.07. The highest BCUT2D eigenvalue weighted by Gasteiger charge is 2.39. The highest BCUT2D eigenvalue weighted by Crippen LogP contribution is 2.35. The minimum absolute atomic E-state index is 0.0136. The van der Waals surface area contributed by atoms with Gasteiger partial charge in [0, 0.05) is 6.61 Å². The molecule has 0 unspecified atom stereocenters. The van der Waals surface area contributed by atoms with Crippen LogP contribution in [0.3, 0.4) is 0 Å². The summed E-state index contributed by atoms with van der Waals surface area (Å²) in [5.41, 5.74) is -0.452. The number of nitrogens with zero attached hydrogens (tertiary/aromatic N) is 3. The number of hydrogen-bond donors (Lipinski definition) is 2. The van der Waals surface area contributed by atoms with Crippen LogP contribution in [0.4, 0.5) is 23.5 Å². The van der Waals surface area contributed by atoms with Crippen molar-refractivity contribution in [2.75, 3.05) is 18.5 Å². The summed E-state index contributed by atoms with van der Waals surface area (Å²) in [5, 5.41) is 16.7. The number of alkyl halides is 3. The molecule has 0 bridgehead atoms. The van der Waals surface area contributed by atoms with E-state index in [2.05, 4.69) is 15.4 Å². The number of halogens is 4. The van der Waals surface area contributed by atoms with E-state index >= 15 is 0 Å². The van der Waals surface area contributed by atoms with Crippen LogP contribution < -0.4 is 5.32 Å². The van der Waals surface area contributed by atoms with E-state index in [4.69, 9.17) is 4.74 Å². The van der Waals surface area contributed by atoms with Crippen LogP contribution >= 0.6 is 0 Å². The zero-order chi connectivity index (χ0) is 17.5. The van der Waals surface area contributed by atoms with Gasteiger partial charge in [-0.2, -0.15) is 13.2 Å². The largest absolute Gasteiger partial charge is 0.396 e. The quantitative estimate of drug-likeness (QED) is 0.831. The molecule has 0 saturated carbocycles. The lowest BCUT2D eigenvalue weighted by Gasteiger charge is -2.28. The SMILES string of the molecule is C[C@H](c1cc(F)c2cnc(N[C@@H]3CCOC[C@H]3O)nn12)C(F)(F)F. The van der Waals surface area contributed by atoms with Gasteiger partial charge < -0.3 is 15.2 Å². The number of aromatic nitrogens is 3. The summed E-state index contributed by atoms with van der Waals surface area (Å²) in [5.74, 6) is -2.69. The van der Waals surface area contributed by atoms with Gasteiger partial charge in [0.2, 0.25) is 5.95 Å². The lowest BCUT2D eigenvalue weighted by Crippen LogP contribution is -2.42. The number of aliphatic hydroxyl groups excluding tert-OH is 1. The Bertz CT molecular complexity index is 733. The van der Waals surface area contributed by atoms with E-state index < -0.39 is 24.0 Å². The first kappa shape index (κ1) is 16.9. The first-order valence-electron chi connectivity index (χ1n) is 7.40. The zero-order valence-corrected chi connectivity index (χ0v) is 12.7. The van der Waals surface area contributed by atoms with Gasteiger partial charge in [-0.25, -0.2) is 13.9 Å². The van der Waals surface area contributed by atoms with Crippen molar-refractivity contribution in [3.8, 4) is 0 Å². The van der Waals surface area contributed by atoms with Crippen LogP contribution in [-0.2, 0) is 4.74 Å². The molecule has 1 aliphatic heterocycles. The van der Waals surface area contributed by atoms with Crippen LogP contribution in [-0.4, -0.2) is 51.2 Å². The van der Waals surface area contributed by atoms with E-state index in [0.717, 1.165) is 23.7 Å². The smallest absolute Gasteiger partial charge is 0.389 e. The Morgan fingerprint density at radius 2 is 2.21 bits per heavy atom. The standard InChI is InChI=1S/C14H16F4N4O2/c1-7(14(16,17)18)10-4-8(15)11-5-19-13(21-22(10)11)20-9-2-3-24-6-12(9)23/h4-5,7,9,12,23H,2-3,6H2,1H3,(H,20,21)/t7-,9-,12-/m1/s1. The van der Waals surface area contributed by atoms with Crippen molar-refractivity contribution in [2.45, 2.75) is 37.6 Å². The molecule has 1 saturated heterocycles. The van der Waals surface area contributed by atoms with Gasteiger partial charge in [0.15, 0.2) is 5.82 Å². The highest BCUT2D eigenvalue weighted by atomic mass is 19.4. The monoisotopic (exact) mass is 348 g/mol. The second-order valence-electron chi connectivity index (χ2n) is 5.74. The van der Waals surface area contributed by atoms with Crippen molar-refractivity contribution in [1.29, 1.82) is 0 Å². The van der Waals surface area contributed by atoms with Gasteiger partial charge >= 0.3 is 6.18 Å². The minimum Gasteiger partial charge on any atom is -0.389 e. The highest BCUT2D eigenvalue weighted by molar-refractivity contribution is 5.50. The molecule has 0 aromatic carbocycles. The molecule has 3 heterocycles. The maximum Gasteiger partial charge on any atom is 0.396 e.